The molecule has 1 rings (SSSR count). The Morgan fingerprint density at radius 2 is 1.93 bits per heavy atom. The Morgan fingerprint density at radius 3 is 2.50 bits per heavy atom. The topological polar surface area (TPSA) is 46.2 Å². The standard InChI is InChI=1S/C10H8FNO2/c11-8-3-5-9(6-4-8)12-10(14)2-1-7-13/h1-7H,(H,12,14). The average Bonchev–Trinajstić information content (AvgIpc) is 2.18. The van der Waals surface area contributed by atoms with Crippen molar-refractivity contribution in [1.29, 1.82) is 0 Å². The number of benzene rings is 1. The van der Waals surface area contributed by atoms with Gasteiger partial charge in [-0.3, -0.25) is 9.59 Å². The molecule has 0 aliphatic heterocycles. The van der Waals surface area contributed by atoms with Gasteiger partial charge < -0.3 is 5.32 Å². The fourth-order valence-corrected chi connectivity index (χ4v) is 0.844. The zero-order valence-electron chi connectivity index (χ0n) is 7.24. The van der Waals surface area contributed by atoms with E-state index in [1.807, 2.05) is 0 Å². The van der Waals surface area contributed by atoms with Gasteiger partial charge in [0.25, 0.3) is 0 Å². The first-order valence-electron chi connectivity index (χ1n) is 3.91. The molecule has 1 aromatic carbocycles. The monoisotopic (exact) mass is 193 g/mol. The van der Waals surface area contributed by atoms with Crippen molar-refractivity contribution in [3.05, 3.63) is 42.2 Å². The van der Waals surface area contributed by atoms with E-state index in [0.29, 0.717) is 12.0 Å². The lowest BCUT2D eigenvalue weighted by Crippen LogP contribution is -2.07. The summed E-state index contributed by atoms with van der Waals surface area (Å²) in [7, 11) is 0. The highest BCUT2D eigenvalue weighted by molar-refractivity contribution is 6.00. The number of anilines is 1. The highest BCUT2D eigenvalue weighted by Crippen LogP contribution is 2.07. The van der Waals surface area contributed by atoms with Gasteiger partial charge in [-0.1, -0.05) is 0 Å². The van der Waals surface area contributed by atoms with Crippen LogP contribution in [0.2, 0.25) is 0 Å². The lowest BCUT2D eigenvalue weighted by atomic mass is 10.3. The number of carbonyl (C=O) groups is 2. The van der Waals surface area contributed by atoms with Crippen molar-refractivity contribution < 1.29 is 14.0 Å². The third-order valence-corrected chi connectivity index (χ3v) is 1.44. The molecule has 1 amide bonds. The van der Waals surface area contributed by atoms with Gasteiger partial charge in [0, 0.05) is 11.8 Å². The zero-order valence-corrected chi connectivity index (χ0v) is 7.24. The van der Waals surface area contributed by atoms with Gasteiger partial charge in [0.05, 0.1) is 0 Å². The lowest BCUT2D eigenvalue weighted by Gasteiger charge is -2.00. The van der Waals surface area contributed by atoms with Gasteiger partial charge >= 0.3 is 0 Å². The van der Waals surface area contributed by atoms with Crippen molar-refractivity contribution in [2.45, 2.75) is 0 Å². The minimum absolute atomic E-state index is 0.369. The third kappa shape index (κ3) is 3.18. The van der Waals surface area contributed by atoms with Crippen LogP contribution in [0.25, 0.3) is 0 Å². The summed E-state index contributed by atoms with van der Waals surface area (Å²) >= 11 is 0. The Morgan fingerprint density at radius 1 is 1.29 bits per heavy atom. The SMILES string of the molecule is O=CC=CC(=O)Nc1ccc(F)cc1. The molecule has 0 saturated carbocycles. The maximum Gasteiger partial charge on any atom is 0.248 e. The van der Waals surface area contributed by atoms with E-state index in [-0.39, 0.29) is 5.82 Å². The van der Waals surface area contributed by atoms with Crippen molar-refractivity contribution in [1.82, 2.24) is 0 Å². The van der Waals surface area contributed by atoms with Crippen LogP contribution in [-0.2, 0) is 9.59 Å². The summed E-state index contributed by atoms with van der Waals surface area (Å²) in [6, 6.07) is 5.34. The van der Waals surface area contributed by atoms with E-state index in [1.54, 1.807) is 0 Å². The molecule has 3 nitrogen and oxygen atoms in total. The van der Waals surface area contributed by atoms with Crippen LogP contribution in [-0.4, -0.2) is 12.2 Å². The molecule has 1 aromatic rings. The van der Waals surface area contributed by atoms with Gasteiger partial charge in [0.2, 0.25) is 5.91 Å². The first kappa shape index (κ1) is 10.1. The van der Waals surface area contributed by atoms with Gasteiger partial charge in [-0.25, -0.2) is 4.39 Å². The molecule has 0 unspecified atom stereocenters. The fraction of sp³-hybridized carbons (Fsp3) is 0. The lowest BCUT2D eigenvalue weighted by molar-refractivity contribution is -0.112. The van der Waals surface area contributed by atoms with E-state index in [9.17, 15) is 14.0 Å². The molecule has 0 atom stereocenters. The predicted molar refractivity (Wildman–Crippen MR) is 50.2 cm³/mol. The summed E-state index contributed by atoms with van der Waals surface area (Å²) in [5, 5.41) is 2.45. The minimum atomic E-state index is -0.427. The Hall–Kier alpha value is -1.97. The Labute approximate surface area is 80.2 Å². The summed E-state index contributed by atoms with van der Waals surface area (Å²) < 4.78 is 12.5. The first-order chi connectivity index (χ1) is 6.72. The number of hydrogen-bond acceptors (Lipinski definition) is 2. The van der Waals surface area contributed by atoms with Crippen LogP contribution in [0.1, 0.15) is 0 Å². The Bertz CT molecular complexity index is 357. The Balaban J connectivity index is 2.60. The van der Waals surface area contributed by atoms with Gasteiger partial charge in [-0.2, -0.15) is 0 Å². The van der Waals surface area contributed by atoms with Crippen molar-refractivity contribution in [2.75, 3.05) is 5.32 Å². The number of aldehydes is 1. The highest BCUT2D eigenvalue weighted by atomic mass is 19.1. The molecular weight excluding hydrogens is 185 g/mol. The largest absolute Gasteiger partial charge is 0.323 e. The molecule has 1 N–H and O–H groups in total. The van der Waals surface area contributed by atoms with Crippen LogP contribution in [0, 0.1) is 5.82 Å². The number of hydrogen-bond donors (Lipinski definition) is 1. The molecule has 0 aliphatic carbocycles. The molecule has 4 heteroatoms. The molecule has 0 aliphatic rings. The number of allylic oxidation sites excluding steroid dienone is 1. The summed E-state index contributed by atoms with van der Waals surface area (Å²) in [6.07, 6.45) is 2.68. The molecule has 0 fully saturated rings. The maximum absolute atomic E-state index is 12.5. The molecule has 0 saturated heterocycles. The van der Waals surface area contributed by atoms with Crippen LogP contribution in [0.5, 0.6) is 0 Å². The van der Waals surface area contributed by atoms with Gasteiger partial charge in [-0.15, -0.1) is 0 Å². The van der Waals surface area contributed by atoms with Crippen LogP contribution in [0.3, 0.4) is 0 Å². The van der Waals surface area contributed by atoms with E-state index in [0.717, 1.165) is 12.2 Å². The molecular formula is C10H8FNO2. The van der Waals surface area contributed by atoms with E-state index in [4.69, 9.17) is 0 Å². The number of nitrogens with one attached hydrogen (secondary N) is 1. The van der Waals surface area contributed by atoms with Crippen LogP contribution >= 0.6 is 0 Å². The summed E-state index contributed by atoms with van der Waals surface area (Å²) in [6.45, 7) is 0. The van der Waals surface area contributed by atoms with E-state index < -0.39 is 5.91 Å². The molecule has 0 aromatic heterocycles. The quantitative estimate of drug-likeness (QED) is 0.584. The van der Waals surface area contributed by atoms with Crippen molar-refractivity contribution in [3.63, 3.8) is 0 Å². The van der Waals surface area contributed by atoms with E-state index in [2.05, 4.69) is 5.32 Å². The predicted octanol–water partition coefficient (Wildman–Crippen LogP) is 1.52. The van der Waals surface area contributed by atoms with Crippen LogP contribution < -0.4 is 5.32 Å². The average molecular weight is 193 g/mol. The summed E-state index contributed by atoms with van der Waals surface area (Å²) in [4.78, 5) is 20.9. The number of halogens is 1. The molecule has 0 radical (unpaired) electrons. The Kier molecular flexibility index (Phi) is 3.55. The van der Waals surface area contributed by atoms with Gasteiger partial charge in [0.1, 0.15) is 12.1 Å². The van der Waals surface area contributed by atoms with Gasteiger partial charge in [0.15, 0.2) is 0 Å². The summed E-state index contributed by atoms with van der Waals surface area (Å²) in [5.41, 5.74) is 0.479. The van der Waals surface area contributed by atoms with Crippen LogP contribution in [0.15, 0.2) is 36.4 Å². The van der Waals surface area contributed by atoms with Gasteiger partial charge in [-0.05, 0) is 30.3 Å². The molecule has 0 bridgehead atoms. The number of amides is 1. The summed E-state index contributed by atoms with van der Waals surface area (Å²) in [5.74, 6) is -0.796. The van der Waals surface area contributed by atoms with E-state index in [1.165, 1.54) is 24.3 Å². The first-order valence-corrected chi connectivity index (χ1v) is 3.91. The van der Waals surface area contributed by atoms with Crippen LogP contribution in [0.4, 0.5) is 10.1 Å². The normalized spacial score (nSPS) is 10.1. The van der Waals surface area contributed by atoms with E-state index >= 15 is 0 Å². The maximum atomic E-state index is 12.5. The minimum Gasteiger partial charge on any atom is -0.323 e. The second kappa shape index (κ2) is 4.91. The molecule has 0 heterocycles. The molecule has 0 spiro atoms. The van der Waals surface area contributed by atoms with Crippen molar-refractivity contribution in [3.8, 4) is 0 Å². The van der Waals surface area contributed by atoms with Crippen molar-refractivity contribution in [2.24, 2.45) is 0 Å². The highest BCUT2D eigenvalue weighted by Gasteiger charge is 1.96. The number of rotatable bonds is 3. The second-order valence-electron chi connectivity index (χ2n) is 2.49. The number of carbonyl (C=O) groups excluding carboxylic acids is 2. The smallest absolute Gasteiger partial charge is 0.248 e. The van der Waals surface area contributed by atoms with Crippen molar-refractivity contribution >= 4 is 17.9 Å². The zero-order chi connectivity index (χ0) is 10.4. The molecule has 14 heavy (non-hydrogen) atoms. The molecule has 72 valence electrons. The third-order valence-electron chi connectivity index (χ3n) is 1.44. The fourth-order valence-electron chi connectivity index (χ4n) is 0.844. The second-order valence-corrected chi connectivity index (χ2v) is 2.49.